The molecule has 0 aliphatic carbocycles. The molecule has 0 radical (unpaired) electrons. The number of nitrogens with one attached hydrogen (secondary N) is 2. The van der Waals surface area contributed by atoms with E-state index in [-0.39, 0.29) is 35.6 Å². The first-order valence-electron chi connectivity index (χ1n) is 11.7. The Bertz CT molecular complexity index is 703. The van der Waals surface area contributed by atoms with Gasteiger partial charge in [0.2, 0.25) is 0 Å². The number of guanidine groups is 1. The van der Waals surface area contributed by atoms with Crippen LogP contribution in [0.4, 0.5) is 0 Å². The lowest BCUT2D eigenvalue weighted by molar-refractivity contribution is -0.00834. The molecule has 1 unspecified atom stereocenters. The van der Waals surface area contributed by atoms with Crippen LogP contribution in [0.25, 0.3) is 0 Å². The third-order valence-corrected chi connectivity index (χ3v) is 6.57. The van der Waals surface area contributed by atoms with Crippen molar-refractivity contribution < 1.29 is 9.47 Å². The largest absolute Gasteiger partial charge is 0.496 e. The van der Waals surface area contributed by atoms with Crippen molar-refractivity contribution in [2.24, 2.45) is 4.99 Å². The number of para-hydroxylation sites is 1. The second kappa shape index (κ2) is 13.6. The quantitative estimate of drug-likeness (QED) is 0.290. The van der Waals surface area contributed by atoms with E-state index in [9.17, 15) is 0 Å². The predicted octanol–water partition coefficient (Wildman–Crippen LogP) is 3.12. The average molecular weight is 560 g/mol. The highest BCUT2D eigenvalue weighted by molar-refractivity contribution is 14.0. The molecule has 1 atom stereocenters. The Kier molecular flexibility index (Phi) is 11.5. The van der Waals surface area contributed by atoms with Gasteiger partial charge in [-0.05, 0) is 45.8 Å². The summed E-state index contributed by atoms with van der Waals surface area (Å²) in [5.74, 6) is 1.80. The van der Waals surface area contributed by atoms with Crippen LogP contribution in [-0.4, -0.2) is 87.9 Å². The summed E-state index contributed by atoms with van der Waals surface area (Å²) in [6.45, 7) is 12.0. The average Bonchev–Trinajstić information content (AvgIpc) is 2.82. The van der Waals surface area contributed by atoms with Gasteiger partial charge in [0.25, 0.3) is 0 Å². The Balaban J connectivity index is 0.00000363. The molecule has 3 rings (SSSR count). The number of hydrogen-bond donors (Lipinski definition) is 2. The van der Waals surface area contributed by atoms with E-state index in [0.29, 0.717) is 0 Å². The van der Waals surface area contributed by atoms with Gasteiger partial charge in [-0.1, -0.05) is 24.6 Å². The maximum Gasteiger partial charge on any atom is 0.191 e. The molecular formula is C24H42IN5O2. The summed E-state index contributed by atoms with van der Waals surface area (Å²) in [4.78, 5) is 9.56. The Labute approximate surface area is 211 Å². The first-order chi connectivity index (χ1) is 15.0. The van der Waals surface area contributed by atoms with Crippen molar-refractivity contribution in [2.75, 3.05) is 66.6 Å². The number of morpholine rings is 1. The second-order valence-electron chi connectivity index (χ2n) is 9.07. The highest BCUT2D eigenvalue weighted by Gasteiger charge is 2.29. The molecule has 0 saturated carbocycles. The zero-order valence-electron chi connectivity index (χ0n) is 20.2. The molecule has 0 bridgehead atoms. The van der Waals surface area contributed by atoms with Gasteiger partial charge in [0, 0.05) is 44.3 Å². The molecule has 32 heavy (non-hydrogen) atoms. The summed E-state index contributed by atoms with van der Waals surface area (Å²) < 4.78 is 11.2. The van der Waals surface area contributed by atoms with Gasteiger partial charge in [0.15, 0.2) is 5.96 Å². The number of nitrogens with zero attached hydrogens (tertiary/aromatic N) is 3. The molecule has 1 aromatic rings. The molecule has 2 aliphatic heterocycles. The SMILES string of the molecule is CN=C(NCC(c1ccccc1OC)N1CCCCC1)NCC(C)(C)N1CCOCC1.I. The third-order valence-electron chi connectivity index (χ3n) is 6.57. The number of rotatable bonds is 8. The lowest BCUT2D eigenvalue weighted by Crippen LogP contribution is -2.56. The zero-order chi connectivity index (χ0) is 22.1. The molecule has 7 nitrogen and oxygen atoms in total. The summed E-state index contributed by atoms with van der Waals surface area (Å²) in [6, 6.07) is 8.65. The van der Waals surface area contributed by atoms with Crippen molar-refractivity contribution in [3.8, 4) is 5.75 Å². The lowest BCUT2D eigenvalue weighted by atomic mass is 10.0. The second-order valence-corrected chi connectivity index (χ2v) is 9.07. The Morgan fingerprint density at radius 3 is 2.44 bits per heavy atom. The van der Waals surface area contributed by atoms with Crippen LogP contribution in [0.15, 0.2) is 29.3 Å². The van der Waals surface area contributed by atoms with Gasteiger partial charge >= 0.3 is 0 Å². The van der Waals surface area contributed by atoms with Crippen LogP contribution in [-0.2, 0) is 4.74 Å². The van der Waals surface area contributed by atoms with E-state index in [0.717, 1.165) is 64.2 Å². The highest BCUT2D eigenvalue weighted by Crippen LogP contribution is 2.30. The Morgan fingerprint density at radius 2 is 1.78 bits per heavy atom. The lowest BCUT2D eigenvalue weighted by Gasteiger charge is -2.41. The molecule has 0 spiro atoms. The van der Waals surface area contributed by atoms with Gasteiger partial charge in [-0.15, -0.1) is 24.0 Å². The van der Waals surface area contributed by atoms with Gasteiger partial charge < -0.3 is 20.1 Å². The van der Waals surface area contributed by atoms with Crippen LogP contribution in [0.3, 0.4) is 0 Å². The molecule has 2 aliphatic rings. The highest BCUT2D eigenvalue weighted by atomic mass is 127. The number of piperidine rings is 1. The van der Waals surface area contributed by atoms with Crippen molar-refractivity contribution in [3.63, 3.8) is 0 Å². The number of benzene rings is 1. The van der Waals surface area contributed by atoms with E-state index in [2.05, 4.69) is 57.5 Å². The number of methoxy groups -OCH3 is 1. The van der Waals surface area contributed by atoms with Crippen LogP contribution in [0.2, 0.25) is 0 Å². The molecule has 8 heteroatoms. The van der Waals surface area contributed by atoms with E-state index >= 15 is 0 Å². The summed E-state index contributed by atoms with van der Waals surface area (Å²) in [5, 5.41) is 7.14. The third kappa shape index (κ3) is 7.46. The molecule has 2 N–H and O–H groups in total. The molecule has 2 fully saturated rings. The topological polar surface area (TPSA) is 61.4 Å². The fraction of sp³-hybridized carbons (Fsp3) is 0.708. The Morgan fingerprint density at radius 1 is 1.09 bits per heavy atom. The van der Waals surface area contributed by atoms with Crippen molar-refractivity contribution in [3.05, 3.63) is 29.8 Å². The van der Waals surface area contributed by atoms with E-state index < -0.39 is 0 Å². The van der Waals surface area contributed by atoms with Crippen molar-refractivity contribution >= 4 is 29.9 Å². The number of halogens is 1. The summed E-state index contributed by atoms with van der Waals surface area (Å²) in [7, 11) is 3.60. The normalized spacial score (nSPS) is 19.7. The summed E-state index contributed by atoms with van der Waals surface area (Å²) in [5.41, 5.74) is 1.28. The van der Waals surface area contributed by atoms with Crippen LogP contribution in [0, 0.1) is 0 Å². The van der Waals surface area contributed by atoms with E-state index in [1.807, 2.05) is 13.1 Å². The van der Waals surface area contributed by atoms with Gasteiger partial charge in [0.05, 0.1) is 26.4 Å². The molecule has 1 aromatic carbocycles. The van der Waals surface area contributed by atoms with Gasteiger partial charge in [-0.25, -0.2) is 0 Å². The predicted molar refractivity (Wildman–Crippen MR) is 142 cm³/mol. The minimum absolute atomic E-state index is 0. The fourth-order valence-corrected chi connectivity index (χ4v) is 4.60. The summed E-state index contributed by atoms with van der Waals surface area (Å²) in [6.07, 6.45) is 3.83. The monoisotopic (exact) mass is 559 g/mol. The first-order valence-corrected chi connectivity index (χ1v) is 11.7. The van der Waals surface area contributed by atoms with Crippen molar-refractivity contribution in [1.29, 1.82) is 0 Å². The maximum absolute atomic E-state index is 5.69. The van der Waals surface area contributed by atoms with Crippen molar-refractivity contribution in [2.45, 2.75) is 44.7 Å². The molecule has 2 saturated heterocycles. The Hall–Kier alpha value is -1.10. The number of ether oxygens (including phenoxy) is 2. The summed E-state index contributed by atoms with van der Waals surface area (Å²) >= 11 is 0. The van der Waals surface area contributed by atoms with Gasteiger partial charge in [-0.2, -0.15) is 0 Å². The zero-order valence-corrected chi connectivity index (χ0v) is 22.6. The smallest absolute Gasteiger partial charge is 0.191 e. The van der Waals surface area contributed by atoms with E-state index in [4.69, 9.17) is 9.47 Å². The maximum atomic E-state index is 5.69. The molecular weight excluding hydrogens is 517 g/mol. The van der Waals surface area contributed by atoms with Crippen LogP contribution < -0.4 is 15.4 Å². The number of aliphatic imine (C=N–C) groups is 1. The minimum Gasteiger partial charge on any atom is -0.496 e. The van der Waals surface area contributed by atoms with E-state index in [1.54, 1.807) is 7.11 Å². The van der Waals surface area contributed by atoms with Crippen LogP contribution in [0.5, 0.6) is 5.75 Å². The standard InChI is InChI=1S/C24H41N5O2.HI/c1-24(2,29-14-16-31-17-15-29)19-27-23(25-3)26-18-21(28-12-8-5-9-13-28)20-10-6-7-11-22(20)30-4;/h6-7,10-11,21H,5,8-9,12-19H2,1-4H3,(H2,25,26,27);1H. The van der Waals surface area contributed by atoms with Crippen molar-refractivity contribution in [1.82, 2.24) is 20.4 Å². The minimum atomic E-state index is 0. The number of hydrogen-bond acceptors (Lipinski definition) is 5. The van der Waals surface area contributed by atoms with Crippen LogP contribution in [0.1, 0.15) is 44.7 Å². The van der Waals surface area contributed by atoms with Gasteiger partial charge in [0.1, 0.15) is 5.75 Å². The molecule has 182 valence electrons. The fourth-order valence-electron chi connectivity index (χ4n) is 4.60. The molecule has 0 amide bonds. The molecule has 2 heterocycles. The van der Waals surface area contributed by atoms with Crippen LogP contribution >= 0.6 is 24.0 Å². The number of likely N-dealkylation sites (tertiary alicyclic amines) is 1. The molecule has 0 aromatic heterocycles. The van der Waals surface area contributed by atoms with Gasteiger partial charge in [-0.3, -0.25) is 14.8 Å². The van der Waals surface area contributed by atoms with E-state index in [1.165, 1.54) is 24.8 Å². The first kappa shape index (κ1) is 27.1.